The molecular weight excluding hydrogens is 282 g/mol. The number of benzene rings is 1. The molecule has 0 aliphatic heterocycles. The molecule has 0 aliphatic carbocycles. The van der Waals surface area contributed by atoms with Crippen LogP contribution in [0, 0.1) is 6.92 Å². The van der Waals surface area contributed by atoms with Gasteiger partial charge in [-0.25, -0.2) is 4.79 Å². The first-order chi connectivity index (χ1) is 10.5. The van der Waals surface area contributed by atoms with Gasteiger partial charge in [-0.2, -0.15) is 0 Å². The fourth-order valence-electron chi connectivity index (χ4n) is 2.30. The first-order valence-corrected chi connectivity index (χ1v) is 7.04. The molecule has 22 heavy (non-hydrogen) atoms. The second-order valence-corrected chi connectivity index (χ2v) is 4.94. The molecule has 116 valence electrons. The van der Waals surface area contributed by atoms with Crippen LogP contribution in [0.2, 0.25) is 0 Å². The third-order valence-corrected chi connectivity index (χ3v) is 3.53. The van der Waals surface area contributed by atoms with E-state index in [0.717, 1.165) is 17.7 Å². The van der Waals surface area contributed by atoms with Gasteiger partial charge in [0.15, 0.2) is 5.76 Å². The lowest BCUT2D eigenvalue weighted by Crippen LogP contribution is -2.27. The fourth-order valence-corrected chi connectivity index (χ4v) is 2.30. The van der Waals surface area contributed by atoms with E-state index in [1.54, 1.807) is 37.4 Å². The van der Waals surface area contributed by atoms with Crippen molar-refractivity contribution in [3.63, 3.8) is 0 Å². The summed E-state index contributed by atoms with van der Waals surface area (Å²) < 4.78 is 10.3. The molecule has 0 fully saturated rings. The molecule has 0 unspecified atom stereocenters. The number of aryl methyl sites for hydroxylation is 2. The van der Waals surface area contributed by atoms with Gasteiger partial charge in [0.25, 0.3) is 5.91 Å². The van der Waals surface area contributed by atoms with Crippen LogP contribution in [-0.2, 0) is 11.2 Å². The van der Waals surface area contributed by atoms with Crippen molar-refractivity contribution in [3.8, 4) is 0 Å². The summed E-state index contributed by atoms with van der Waals surface area (Å²) in [5, 5.41) is 0. The molecule has 0 aliphatic rings. The number of anilines is 1. The Morgan fingerprint density at radius 3 is 2.55 bits per heavy atom. The third kappa shape index (κ3) is 2.88. The number of hydrogen-bond donors (Lipinski definition) is 0. The molecule has 5 heteroatoms. The van der Waals surface area contributed by atoms with Crippen LogP contribution in [0.25, 0.3) is 0 Å². The second kappa shape index (κ2) is 6.47. The Balaban J connectivity index is 2.37. The summed E-state index contributed by atoms with van der Waals surface area (Å²) in [6.45, 7) is 3.87. The summed E-state index contributed by atoms with van der Waals surface area (Å²) in [6, 6.07) is 8.52. The van der Waals surface area contributed by atoms with Gasteiger partial charge in [-0.1, -0.05) is 19.1 Å². The molecule has 2 aromatic rings. The molecule has 0 saturated carbocycles. The van der Waals surface area contributed by atoms with Crippen molar-refractivity contribution in [1.29, 1.82) is 0 Å². The summed E-state index contributed by atoms with van der Waals surface area (Å²) >= 11 is 0. The summed E-state index contributed by atoms with van der Waals surface area (Å²) in [6.07, 6.45) is 0.724. The van der Waals surface area contributed by atoms with Crippen LogP contribution in [0.1, 0.15) is 39.2 Å². The van der Waals surface area contributed by atoms with E-state index in [1.807, 2.05) is 13.8 Å². The molecule has 0 bridgehead atoms. The van der Waals surface area contributed by atoms with Crippen LogP contribution in [-0.4, -0.2) is 26.0 Å². The molecule has 1 heterocycles. The Labute approximate surface area is 129 Å². The van der Waals surface area contributed by atoms with Gasteiger partial charge in [0.05, 0.1) is 18.4 Å². The monoisotopic (exact) mass is 301 g/mol. The maximum atomic E-state index is 12.6. The van der Waals surface area contributed by atoms with Crippen molar-refractivity contribution in [1.82, 2.24) is 0 Å². The Bertz CT molecular complexity index is 702. The van der Waals surface area contributed by atoms with Gasteiger partial charge >= 0.3 is 5.97 Å². The molecule has 1 amide bonds. The predicted molar refractivity (Wildman–Crippen MR) is 83.3 cm³/mol. The summed E-state index contributed by atoms with van der Waals surface area (Å²) in [5.41, 5.74) is 1.76. The average molecular weight is 301 g/mol. The number of carbonyl (C=O) groups excluding carboxylic acids is 2. The minimum Gasteiger partial charge on any atom is -0.465 e. The van der Waals surface area contributed by atoms with E-state index in [-0.39, 0.29) is 11.7 Å². The Morgan fingerprint density at radius 1 is 1.27 bits per heavy atom. The summed E-state index contributed by atoms with van der Waals surface area (Å²) in [5.74, 6) is 0.258. The van der Waals surface area contributed by atoms with Crippen LogP contribution in [0.3, 0.4) is 0 Å². The number of amides is 1. The maximum Gasteiger partial charge on any atom is 0.339 e. The zero-order chi connectivity index (χ0) is 16.3. The summed E-state index contributed by atoms with van der Waals surface area (Å²) in [7, 11) is 2.91. The maximum absolute atomic E-state index is 12.6. The van der Waals surface area contributed by atoms with Crippen molar-refractivity contribution < 1.29 is 18.7 Å². The molecule has 1 aromatic heterocycles. The lowest BCUT2D eigenvalue weighted by Gasteiger charge is -2.18. The Kier molecular flexibility index (Phi) is 4.65. The molecule has 0 atom stereocenters. The number of ether oxygens (including phenoxy) is 1. The zero-order valence-corrected chi connectivity index (χ0v) is 13.2. The van der Waals surface area contributed by atoms with E-state index < -0.39 is 5.97 Å². The summed E-state index contributed by atoms with van der Waals surface area (Å²) in [4.78, 5) is 25.8. The molecule has 0 spiro atoms. The lowest BCUT2D eigenvalue weighted by molar-refractivity contribution is 0.0601. The highest BCUT2D eigenvalue weighted by Gasteiger charge is 2.22. The van der Waals surface area contributed by atoms with Crippen molar-refractivity contribution in [2.45, 2.75) is 20.3 Å². The zero-order valence-electron chi connectivity index (χ0n) is 13.2. The van der Waals surface area contributed by atoms with Crippen LogP contribution >= 0.6 is 0 Å². The van der Waals surface area contributed by atoms with Gasteiger partial charge in [-0.15, -0.1) is 0 Å². The van der Waals surface area contributed by atoms with Gasteiger partial charge in [0, 0.05) is 13.5 Å². The minimum absolute atomic E-state index is 0.261. The van der Waals surface area contributed by atoms with Crippen LogP contribution < -0.4 is 4.90 Å². The topological polar surface area (TPSA) is 59.8 Å². The van der Waals surface area contributed by atoms with Crippen LogP contribution in [0.5, 0.6) is 0 Å². The number of nitrogens with zero attached hydrogens (tertiary/aromatic N) is 1. The molecule has 0 radical (unpaired) electrons. The number of hydrogen-bond acceptors (Lipinski definition) is 4. The van der Waals surface area contributed by atoms with E-state index in [2.05, 4.69) is 0 Å². The number of rotatable bonds is 4. The highest BCUT2D eigenvalue weighted by atomic mass is 16.5. The first kappa shape index (κ1) is 15.8. The van der Waals surface area contributed by atoms with E-state index in [0.29, 0.717) is 11.3 Å². The minimum atomic E-state index is -0.486. The number of carbonyl (C=O) groups is 2. The molecule has 2 rings (SSSR count). The van der Waals surface area contributed by atoms with E-state index >= 15 is 0 Å². The smallest absolute Gasteiger partial charge is 0.339 e. The molecular formula is C17H19NO4. The Morgan fingerprint density at radius 2 is 1.95 bits per heavy atom. The highest BCUT2D eigenvalue weighted by molar-refractivity contribution is 6.08. The molecule has 5 nitrogen and oxygen atoms in total. The van der Waals surface area contributed by atoms with Gasteiger partial charge in [0.1, 0.15) is 5.76 Å². The highest BCUT2D eigenvalue weighted by Crippen LogP contribution is 2.23. The Hall–Kier alpha value is -2.56. The van der Waals surface area contributed by atoms with Crippen molar-refractivity contribution in [3.05, 3.63) is 53.0 Å². The third-order valence-electron chi connectivity index (χ3n) is 3.53. The molecule has 0 saturated heterocycles. The SMILES string of the molecule is CCc1oc(C(=O)N(C)c2ccccc2C(=O)OC)cc1C. The van der Waals surface area contributed by atoms with E-state index in [1.165, 1.54) is 12.0 Å². The second-order valence-electron chi connectivity index (χ2n) is 4.94. The van der Waals surface area contributed by atoms with Crippen LogP contribution in [0.15, 0.2) is 34.7 Å². The quantitative estimate of drug-likeness (QED) is 0.814. The largest absolute Gasteiger partial charge is 0.465 e. The van der Waals surface area contributed by atoms with Crippen molar-refractivity contribution in [2.24, 2.45) is 0 Å². The first-order valence-electron chi connectivity index (χ1n) is 7.04. The van der Waals surface area contributed by atoms with Crippen LogP contribution in [0.4, 0.5) is 5.69 Å². The molecule has 0 N–H and O–H groups in total. The van der Waals surface area contributed by atoms with Crippen molar-refractivity contribution in [2.75, 3.05) is 19.1 Å². The average Bonchev–Trinajstić information content (AvgIpc) is 2.93. The van der Waals surface area contributed by atoms with E-state index in [9.17, 15) is 9.59 Å². The number of para-hydroxylation sites is 1. The molecule has 1 aromatic carbocycles. The van der Waals surface area contributed by atoms with E-state index in [4.69, 9.17) is 9.15 Å². The number of furan rings is 1. The standard InChI is InChI=1S/C17H19NO4/c1-5-14-11(2)10-15(22-14)16(19)18(3)13-9-7-6-8-12(13)17(20)21-4/h6-10H,5H2,1-4H3. The van der Waals surface area contributed by atoms with Gasteiger partial charge in [-0.05, 0) is 30.7 Å². The van der Waals surface area contributed by atoms with Gasteiger partial charge in [-0.3, -0.25) is 4.79 Å². The lowest BCUT2D eigenvalue weighted by atomic mass is 10.1. The predicted octanol–water partition coefficient (Wildman–Crippen LogP) is 3.21. The van der Waals surface area contributed by atoms with Crippen molar-refractivity contribution >= 4 is 17.6 Å². The van der Waals surface area contributed by atoms with Gasteiger partial charge in [0.2, 0.25) is 0 Å². The van der Waals surface area contributed by atoms with Gasteiger partial charge < -0.3 is 14.1 Å². The fraction of sp³-hybridized carbons (Fsp3) is 0.294. The normalized spacial score (nSPS) is 10.4. The number of esters is 1. The number of methoxy groups -OCH3 is 1.